The molecule has 1 fully saturated rings. The number of H-pyrrole nitrogens is 1. The van der Waals surface area contributed by atoms with Gasteiger partial charge in [-0.2, -0.15) is 15.3 Å². The molecule has 2 N–H and O–H groups in total. The summed E-state index contributed by atoms with van der Waals surface area (Å²) >= 11 is 0. The predicted molar refractivity (Wildman–Crippen MR) is 149 cm³/mol. The van der Waals surface area contributed by atoms with Gasteiger partial charge in [-0.1, -0.05) is 0 Å². The maximum atomic E-state index is 13.9. The van der Waals surface area contributed by atoms with Gasteiger partial charge in [-0.05, 0) is 57.9 Å². The second-order valence-corrected chi connectivity index (χ2v) is 10.1. The summed E-state index contributed by atoms with van der Waals surface area (Å²) in [5.74, 6) is 1.36. The minimum atomic E-state index is -0.501. The number of pyridine rings is 1. The molecule has 1 amide bonds. The Bertz CT molecular complexity index is 1610. The summed E-state index contributed by atoms with van der Waals surface area (Å²) in [6.07, 6.45) is 6.51. The average Bonchev–Trinajstić information content (AvgIpc) is 3.43. The molecule has 2 aliphatic rings. The van der Waals surface area contributed by atoms with E-state index in [2.05, 4.69) is 36.5 Å². The Labute approximate surface area is 231 Å². The lowest BCUT2D eigenvalue weighted by atomic mass is 10.0. The summed E-state index contributed by atoms with van der Waals surface area (Å²) in [6.45, 7) is 6.94. The molecule has 3 aromatic heterocycles. The lowest BCUT2D eigenvalue weighted by Gasteiger charge is -2.45. The molecule has 40 heavy (non-hydrogen) atoms. The first-order chi connectivity index (χ1) is 19.4. The van der Waals surface area contributed by atoms with Crippen molar-refractivity contribution >= 4 is 45.8 Å². The Balaban J connectivity index is 1.42. The van der Waals surface area contributed by atoms with E-state index in [0.29, 0.717) is 59.0 Å². The molecule has 4 aromatic rings. The number of hydrogen-bond donors (Lipinski definition) is 2. The first kappa shape index (κ1) is 25.5. The van der Waals surface area contributed by atoms with Crippen LogP contribution in [0.3, 0.4) is 0 Å². The number of anilines is 5. The van der Waals surface area contributed by atoms with Crippen LogP contribution in [-0.4, -0.2) is 62.5 Å². The monoisotopic (exact) mass is 539 g/mol. The molecule has 6 rings (SSSR count). The van der Waals surface area contributed by atoms with Crippen molar-refractivity contribution in [3.05, 3.63) is 48.4 Å². The lowest BCUT2D eigenvalue weighted by molar-refractivity contribution is -0.119. The first-order valence-corrected chi connectivity index (χ1v) is 13.3. The number of aromatic amines is 1. The molecule has 5 heterocycles. The minimum absolute atomic E-state index is 0.0804. The maximum Gasteiger partial charge on any atom is 0.254 e. The van der Waals surface area contributed by atoms with Crippen molar-refractivity contribution in [2.24, 2.45) is 0 Å². The van der Waals surface area contributed by atoms with E-state index in [4.69, 9.17) is 14.5 Å². The van der Waals surface area contributed by atoms with E-state index in [1.54, 1.807) is 41.7 Å². The number of nitrogens with zero attached hydrogens (tertiary/aromatic N) is 7. The molecule has 0 spiro atoms. The second kappa shape index (κ2) is 10.4. The van der Waals surface area contributed by atoms with Gasteiger partial charge in [0, 0.05) is 24.6 Å². The summed E-state index contributed by atoms with van der Waals surface area (Å²) in [4.78, 5) is 31.5. The number of fused-ring (bicyclic) bond motifs is 2. The number of carbonyl (C=O) groups is 1. The first-order valence-electron chi connectivity index (χ1n) is 13.3. The molecule has 0 bridgehead atoms. The van der Waals surface area contributed by atoms with E-state index >= 15 is 0 Å². The highest BCUT2D eigenvalue weighted by Gasteiger charge is 2.41. The van der Waals surface area contributed by atoms with Crippen LogP contribution in [0.5, 0.6) is 5.75 Å². The van der Waals surface area contributed by atoms with Crippen LogP contribution in [-0.2, 0) is 9.53 Å². The molecule has 204 valence electrons. The third-order valence-corrected chi connectivity index (χ3v) is 7.07. The van der Waals surface area contributed by atoms with Gasteiger partial charge in [0.15, 0.2) is 11.5 Å². The number of nitrogens with one attached hydrogen (secondary N) is 2. The van der Waals surface area contributed by atoms with Crippen molar-refractivity contribution in [3.63, 3.8) is 0 Å². The van der Waals surface area contributed by atoms with Crippen LogP contribution in [0.4, 0.5) is 28.8 Å². The van der Waals surface area contributed by atoms with Gasteiger partial charge in [-0.3, -0.25) is 14.8 Å². The Hall–Kier alpha value is -4.76. The molecule has 1 aromatic carbocycles. The van der Waals surface area contributed by atoms with Crippen molar-refractivity contribution in [1.82, 2.24) is 25.1 Å². The topological polar surface area (TPSA) is 145 Å². The molecule has 1 atom stereocenters. The van der Waals surface area contributed by atoms with Gasteiger partial charge in [-0.15, -0.1) is 0 Å². The summed E-state index contributed by atoms with van der Waals surface area (Å²) < 4.78 is 11.4. The molecule has 2 aliphatic heterocycles. The highest BCUT2D eigenvalue weighted by molar-refractivity contribution is 6.10. The fourth-order valence-electron chi connectivity index (χ4n) is 5.24. The van der Waals surface area contributed by atoms with E-state index < -0.39 is 6.04 Å². The van der Waals surface area contributed by atoms with Gasteiger partial charge in [0.1, 0.15) is 23.5 Å². The van der Waals surface area contributed by atoms with Crippen molar-refractivity contribution in [3.8, 4) is 11.8 Å². The normalized spacial score (nSPS) is 17.7. The van der Waals surface area contributed by atoms with Gasteiger partial charge in [0.25, 0.3) is 5.91 Å². The lowest BCUT2D eigenvalue weighted by Crippen LogP contribution is -2.56. The van der Waals surface area contributed by atoms with E-state index in [-0.39, 0.29) is 18.1 Å². The van der Waals surface area contributed by atoms with Crippen molar-refractivity contribution in [2.75, 3.05) is 28.3 Å². The number of benzene rings is 1. The second-order valence-electron chi connectivity index (χ2n) is 10.1. The van der Waals surface area contributed by atoms with Gasteiger partial charge >= 0.3 is 0 Å². The molecule has 0 radical (unpaired) electrons. The number of carbonyl (C=O) groups excluding carboxylic acids is 1. The molecule has 0 aliphatic carbocycles. The van der Waals surface area contributed by atoms with Gasteiger partial charge in [0.05, 0.1) is 41.6 Å². The van der Waals surface area contributed by atoms with Gasteiger partial charge in [0.2, 0.25) is 5.95 Å². The zero-order valence-corrected chi connectivity index (χ0v) is 22.5. The molecular weight excluding hydrogens is 510 g/mol. The summed E-state index contributed by atoms with van der Waals surface area (Å²) in [5.41, 5.74) is 2.84. The van der Waals surface area contributed by atoms with Gasteiger partial charge in [-0.25, -0.2) is 9.97 Å². The number of amides is 1. The number of hydrogen-bond acceptors (Lipinski definition) is 10. The SMILES string of the molecule is CC(C)Oc1ccc(N2C(=O)[C@@H](C)N(C3CCOCC3)c3nc(Nc4cnc5[nH]ncc5c4)ncc32)cc1C#N. The van der Waals surface area contributed by atoms with E-state index in [9.17, 15) is 10.1 Å². The highest BCUT2D eigenvalue weighted by atomic mass is 16.5. The smallest absolute Gasteiger partial charge is 0.254 e. The number of rotatable bonds is 6. The molecule has 12 heteroatoms. The van der Waals surface area contributed by atoms with Crippen molar-refractivity contribution in [1.29, 1.82) is 5.26 Å². The largest absolute Gasteiger partial charge is 0.490 e. The van der Waals surface area contributed by atoms with Crippen LogP contribution in [0.1, 0.15) is 39.2 Å². The molecule has 0 unspecified atom stereocenters. The van der Waals surface area contributed by atoms with Crippen molar-refractivity contribution < 1.29 is 14.3 Å². The van der Waals surface area contributed by atoms with Crippen LogP contribution in [0.15, 0.2) is 42.9 Å². The Morgan fingerprint density at radius 3 is 2.77 bits per heavy atom. The van der Waals surface area contributed by atoms with E-state index in [0.717, 1.165) is 18.2 Å². The summed E-state index contributed by atoms with van der Waals surface area (Å²) in [5, 5.41) is 20.8. The van der Waals surface area contributed by atoms with E-state index in [1.165, 1.54) is 0 Å². The Kier molecular flexibility index (Phi) is 6.65. The zero-order valence-electron chi connectivity index (χ0n) is 22.5. The fraction of sp³-hybridized carbons (Fsp3) is 0.357. The zero-order chi connectivity index (χ0) is 27.8. The maximum absolute atomic E-state index is 13.9. The Morgan fingerprint density at radius 2 is 2.00 bits per heavy atom. The summed E-state index contributed by atoms with van der Waals surface area (Å²) in [6, 6.07) is 8.88. The quantitative estimate of drug-likeness (QED) is 0.365. The number of nitriles is 1. The molecule has 1 saturated heterocycles. The number of ether oxygens (including phenoxy) is 2. The Morgan fingerprint density at radius 1 is 1.18 bits per heavy atom. The molecule has 12 nitrogen and oxygen atoms in total. The van der Waals surface area contributed by atoms with Crippen LogP contribution < -0.4 is 19.9 Å². The highest BCUT2D eigenvalue weighted by Crippen LogP contribution is 2.42. The van der Waals surface area contributed by atoms with Crippen LogP contribution in [0.2, 0.25) is 0 Å². The van der Waals surface area contributed by atoms with Crippen LogP contribution >= 0.6 is 0 Å². The third-order valence-electron chi connectivity index (χ3n) is 7.07. The fourth-order valence-corrected chi connectivity index (χ4v) is 5.24. The minimum Gasteiger partial charge on any atom is -0.490 e. The number of aromatic nitrogens is 5. The third kappa shape index (κ3) is 4.65. The van der Waals surface area contributed by atoms with Crippen LogP contribution in [0.25, 0.3) is 11.0 Å². The summed E-state index contributed by atoms with van der Waals surface area (Å²) in [7, 11) is 0. The average molecular weight is 540 g/mol. The molecular formula is C28H29N9O3. The predicted octanol–water partition coefficient (Wildman–Crippen LogP) is 4.20. The van der Waals surface area contributed by atoms with Crippen molar-refractivity contribution in [2.45, 2.75) is 51.8 Å². The van der Waals surface area contributed by atoms with Crippen LogP contribution in [0, 0.1) is 11.3 Å². The van der Waals surface area contributed by atoms with E-state index in [1.807, 2.05) is 26.8 Å². The molecule has 0 saturated carbocycles. The van der Waals surface area contributed by atoms with Gasteiger partial charge < -0.3 is 19.7 Å². The standard InChI is InChI=1S/C28H29N9O3/c1-16(2)40-24-5-4-22(11-18(24)12-29)37-23-15-31-28(33-20-10-19-13-32-35-25(19)30-14-20)34-26(23)36(17(3)27(37)38)21-6-8-39-9-7-21/h4-5,10-11,13-17,21H,6-9H2,1-3H3,(H,30,32,35)(H,31,33,34)/t17-/m1/s1.